The van der Waals surface area contributed by atoms with E-state index in [9.17, 15) is 9.90 Å². The molecule has 5 nitrogen and oxygen atoms in total. The van der Waals surface area contributed by atoms with E-state index < -0.39 is 6.61 Å². The molecule has 0 aromatic heterocycles. The standard InChI is InChI=1S/C15H19NO4/c17-8-14(19)16-15(11-6-12(18)7-11)10-1-2-13-9(5-10)3-4-20-13/h1-2,5,11-12,15,17-18H,3-4,6-8H2,(H,16,19). The molecule has 3 rings (SSSR count). The normalized spacial score (nSPS) is 25.3. The van der Waals surface area contributed by atoms with E-state index in [0.717, 1.165) is 23.3 Å². The Labute approximate surface area is 117 Å². The molecule has 1 aromatic rings. The fourth-order valence-electron chi connectivity index (χ4n) is 2.99. The molecule has 1 atom stereocenters. The molecule has 1 saturated carbocycles. The summed E-state index contributed by atoms with van der Waals surface area (Å²) in [6.07, 6.45) is 1.98. The van der Waals surface area contributed by atoms with Gasteiger partial charge in [-0.2, -0.15) is 0 Å². The van der Waals surface area contributed by atoms with Crippen LogP contribution in [0.2, 0.25) is 0 Å². The predicted molar refractivity (Wildman–Crippen MR) is 72.3 cm³/mol. The molecule has 0 radical (unpaired) electrons. The number of ether oxygens (including phenoxy) is 1. The highest BCUT2D eigenvalue weighted by molar-refractivity contribution is 5.77. The van der Waals surface area contributed by atoms with Gasteiger partial charge in [0.25, 0.3) is 0 Å². The minimum absolute atomic E-state index is 0.149. The molecular weight excluding hydrogens is 258 g/mol. The Kier molecular flexibility index (Phi) is 3.63. The zero-order valence-electron chi connectivity index (χ0n) is 11.2. The van der Waals surface area contributed by atoms with Crippen molar-refractivity contribution >= 4 is 5.91 Å². The first-order valence-corrected chi connectivity index (χ1v) is 7.01. The number of nitrogens with one attached hydrogen (secondary N) is 1. The van der Waals surface area contributed by atoms with E-state index in [-0.39, 0.29) is 24.0 Å². The van der Waals surface area contributed by atoms with Crippen molar-refractivity contribution in [3.05, 3.63) is 29.3 Å². The van der Waals surface area contributed by atoms with Gasteiger partial charge in [0.1, 0.15) is 12.4 Å². The van der Waals surface area contributed by atoms with E-state index in [1.807, 2.05) is 12.1 Å². The highest BCUT2D eigenvalue weighted by atomic mass is 16.5. The molecule has 108 valence electrons. The van der Waals surface area contributed by atoms with Crippen molar-refractivity contribution in [2.75, 3.05) is 13.2 Å². The van der Waals surface area contributed by atoms with Crippen molar-refractivity contribution in [1.29, 1.82) is 0 Å². The summed E-state index contributed by atoms with van der Waals surface area (Å²) in [5.74, 6) is 0.753. The Hall–Kier alpha value is -1.59. The maximum atomic E-state index is 11.5. The van der Waals surface area contributed by atoms with Gasteiger partial charge < -0.3 is 20.3 Å². The molecule has 0 saturated heterocycles. The van der Waals surface area contributed by atoms with Crippen LogP contribution in [0.3, 0.4) is 0 Å². The van der Waals surface area contributed by atoms with Gasteiger partial charge in [-0.15, -0.1) is 0 Å². The molecule has 0 bridgehead atoms. The van der Waals surface area contributed by atoms with Gasteiger partial charge in [-0.25, -0.2) is 0 Å². The van der Waals surface area contributed by atoms with E-state index in [4.69, 9.17) is 9.84 Å². The van der Waals surface area contributed by atoms with Crippen LogP contribution in [0.5, 0.6) is 5.75 Å². The number of amides is 1. The maximum absolute atomic E-state index is 11.5. The lowest BCUT2D eigenvalue weighted by Gasteiger charge is -2.38. The van der Waals surface area contributed by atoms with Crippen molar-refractivity contribution in [2.45, 2.75) is 31.4 Å². The van der Waals surface area contributed by atoms with Gasteiger partial charge >= 0.3 is 0 Å². The summed E-state index contributed by atoms with van der Waals surface area (Å²) in [5, 5.41) is 21.3. The van der Waals surface area contributed by atoms with Gasteiger partial charge in [0.15, 0.2) is 0 Å². The topological polar surface area (TPSA) is 78.8 Å². The van der Waals surface area contributed by atoms with Gasteiger partial charge in [0.05, 0.1) is 18.8 Å². The number of fused-ring (bicyclic) bond motifs is 1. The Bertz CT molecular complexity index is 511. The van der Waals surface area contributed by atoms with Gasteiger partial charge in [0.2, 0.25) is 5.91 Å². The molecule has 1 aromatic carbocycles. The monoisotopic (exact) mass is 277 g/mol. The molecule has 3 N–H and O–H groups in total. The number of carbonyl (C=O) groups is 1. The first-order chi connectivity index (χ1) is 9.67. The lowest BCUT2D eigenvalue weighted by molar-refractivity contribution is -0.125. The van der Waals surface area contributed by atoms with Crippen LogP contribution in [0.1, 0.15) is 30.0 Å². The molecular formula is C15H19NO4. The summed E-state index contributed by atoms with van der Waals surface area (Å²) in [6.45, 7) is 0.189. The second-order valence-electron chi connectivity index (χ2n) is 5.55. The average molecular weight is 277 g/mol. The molecule has 2 aliphatic rings. The van der Waals surface area contributed by atoms with Gasteiger partial charge in [-0.3, -0.25) is 4.79 Å². The third-order valence-electron chi connectivity index (χ3n) is 4.15. The SMILES string of the molecule is O=C(CO)NC(c1ccc2c(c1)CCO2)C1CC(O)C1. The number of carbonyl (C=O) groups excluding carboxylic acids is 1. The van der Waals surface area contributed by atoms with Crippen LogP contribution in [0.25, 0.3) is 0 Å². The fourth-order valence-corrected chi connectivity index (χ4v) is 2.99. The van der Waals surface area contributed by atoms with Gasteiger partial charge in [-0.05, 0) is 42.0 Å². The molecule has 1 amide bonds. The van der Waals surface area contributed by atoms with Crippen LogP contribution in [0.15, 0.2) is 18.2 Å². The summed E-state index contributed by atoms with van der Waals surface area (Å²) < 4.78 is 5.49. The van der Waals surface area contributed by atoms with Crippen molar-refractivity contribution in [3.8, 4) is 5.75 Å². The summed E-state index contributed by atoms with van der Waals surface area (Å²) in [6, 6.07) is 5.81. The molecule has 1 fully saturated rings. The van der Waals surface area contributed by atoms with Crippen molar-refractivity contribution in [3.63, 3.8) is 0 Å². The van der Waals surface area contributed by atoms with Crippen LogP contribution in [0, 0.1) is 5.92 Å². The summed E-state index contributed by atoms with van der Waals surface area (Å²) in [5.41, 5.74) is 2.18. The third-order valence-corrected chi connectivity index (χ3v) is 4.15. The largest absolute Gasteiger partial charge is 0.493 e. The molecule has 1 aliphatic heterocycles. The highest BCUT2D eigenvalue weighted by Crippen LogP contribution is 2.39. The fraction of sp³-hybridized carbons (Fsp3) is 0.533. The number of aliphatic hydroxyl groups excluding tert-OH is 2. The third kappa shape index (κ3) is 2.51. The van der Waals surface area contributed by atoms with E-state index in [2.05, 4.69) is 11.4 Å². The minimum Gasteiger partial charge on any atom is -0.493 e. The summed E-state index contributed by atoms with van der Waals surface area (Å²) >= 11 is 0. The van der Waals surface area contributed by atoms with Crippen LogP contribution in [-0.4, -0.2) is 35.4 Å². The molecule has 1 aliphatic carbocycles. The number of rotatable bonds is 4. The quantitative estimate of drug-likeness (QED) is 0.750. The molecule has 1 heterocycles. The van der Waals surface area contributed by atoms with Crippen LogP contribution >= 0.6 is 0 Å². The summed E-state index contributed by atoms with van der Waals surface area (Å²) in [7, 11) is 0. The molecule has 0 spiro atoms. The number of hydrogen-bond acceptors (Lipinski definition) is 4. The molecule has 20 heavy (non-hydrogen) atoms. The minimum atomic E-state index is -0.514. The van der Waals surface area contributed by atoms with E-state index in [0.29, 0.717) is 19.4 Å². The van der Waals surface area contributed by atoms with Gasteiger partial charge in [0, 0.05) is 6.42 Å². The lowest BCUT2D eigenvalue weighted by Crippen LogP contribution is -2.42. The Morgan fingerprint density at radius 1 is 1.45 bits per heavy atom. The Morgan fingerprint density at radius 3 is 2.95 bits per heavy atom. The van der Waals surface area contributed by atoms with Crippen LogP contribution in [0.4, 0.5) is 0 Å². The number of aliphatic hydroxyl groups is 2. The van der Waals surface area contributed by atoms with E-state index >= 15 is 0 Å². The molecule has 5 heteroatoms. The predicted octanol–water partition coefficient (Wildman–Crippen LogP) is 0.542. The zero-order chi connectivity index (χ0) is 14.1. The average Bonchev–Trinajstić information content (AvgIpc) is 2.88. The van der Waals surface area contributed by atoms with E-state index in [1.54, 1.807) is 0 Å². The summed E-state index contributed by atoms with van der Waals surface area (Å²) in [4.78, 5) is 11.5. The van der Waals surface area contributed by atoms with Crippen molar-refractivity contribution in [2.24, 2.45) is 5.92 Å². The zero-order valence-corrected chi connectivity index (χ0v) is 11.2. The van der Waals surface area contributed by atoms with Gasteiger partial charge in [-0.1, -0.05) is 6.07 Å². The van der Waals surface area contributed by atoms with Crippen LogP contribution < -0.4 is 10.1 Å². The first-order valence-electron chi connectivity index (χ1n) is 7.01. The van der Waals surface area contributed by atoms with Crippen molar-refractivity contribution < 1.29 is 19.7 Å². The smallest absolute Gasteiger partial charge is 0.246 e. The maximum Gasteiger partial charge on any atom is 0.246 e. The number of benzene rings is 1. The first kappa shape index (κ1) is 13.4. The second kappa shape index (κ2) is 5.42. The Morgan fingerprint density at radius 2 is 2.25 bits per heavy atom. The Balaban J connectivity index is 1.82. The molecule has 1 unspecified atom stereocenters. The number of hydrogen-bond donors (Lipinski definition) is 3. The van der Waals surface area contributed by atoms with E-state index in [1.165, 1.54) is 0 Å². The highest BCUT2D eigenvalue weighted by Gasteiger charge is 2.36. The lowest BCUT2D eigenvalue weighted by atomic mass is 9.75. The van der Waals surface area contributed by atoms with Crippen LogP contribution in [-0.2, 0) is 11.2 Å². The van der Waals surface area contributed by atoms with Crippen molar-refractivity contribution in [1.82, 2.24) is 5.32 Å². The second-order valence-corrected chi connectivity index (χ2v) is 5.55.